The minimum Gasteiger partial charge on any atom is -0.399 e. The zero-order chi connectivity index (χ0) is 11.3. The fourth-order valence-electron chi connectivity index (χ4n) is 3.12. The molecule has 2 N–H and O–H groups in total. The molecule has 2 nitrogen and oxygen atoms in total. The highest BCUT2D eigenvalue weighted by Gasteiger charge is 2.42. The molecule has 0 spiro atoms. The third kappa shape index (κ3) is 1.44. The number of nitrogens with two attached hydrogens (primary N) is 1. The highest BCUT2D eigenvalue weighted by molar-refractivity contribution is 5.48. The first kappa shape index (κ1) is 10.2. The van der Waals surface area contributed by atoms with Crippen molar-refractivity contribution < 1.29 is 0 Å². The predicted octanol–water partition coefficient (Wildman–Crippen LogP) is 2.52. The van der Waals surface area contributed by atoms with E-state index in [2.05, 4.69) is 30.9 Å². The van der Waals surface area contributed by atoms with Gasteiger partial charge in [-0.1, -0.05) is 6.07 Å². The molecule has 1 saturated carbocycles. The maximum atomic E-state index is 5.86. The molecule has 1 aromatic carbocycles. The van der Waals surface area contributed by atoms with E-state index < -0.39 is 0 Å². The molecule has 2 aliphatic rings. The molecule has 16 heavy (non-hydrogen) atoms. The number of fused-ring (bicyclic) bond motifs is 1. The fourth-order valence-corrected chi connectivity index (χ4v) is 3.12. The van der Waals surface area contributed by atoms with Crippen LogP contribution in [0, 0.1) is 0 Å². The van der Waals surface area contributed by atoms with Crippen molar-refractivity contribution in [2.24, 2.45) is 0 Å². The molecule has 0 amide bonds. The van der Waals surface area contributed by atoms with Crippen molar-refractivity contribution in [3.05, 3.63) is 29.3 Å². The molecule has 0 aromatic heterocycles. The monoisotopic (exact) mass is 216 g/mol. The van der Waals surface area contributed by atoms with E-state index in [4.69, 9.17) is 5.73 Å². The molecule has 1 fully saturated rings. The molecule has 3 rings (SSSR count). The molecule has 0 atom stereocenters. The van der Waals surface area contributed by atoms with Gasteiger partial charge < -0.3 is 5.73 Å². The molecule has 1 heterocycles. The Bertz CT molecular complexity index is 419. The van der Waals surface area contributed by atoms with Crippen LogP contribution in [0.4, 0.5) is 5.69 Å². The molecular formula is C14H20N2. The van der Waals surface area contributed by atoms with Gasteiger partial charge in [0, 0.05) is 23.8 Å². The van der Waals surface area contributed by atoms with Gasteiger partial charge in [-0.3, -0.25) is 4.90 Å². The summed E-state index contributed by atoms with van der Waals surface area (Å²) in [6, 6.07) is 7.25. The van der Waals surface area contributed by atoms with Crippen LogP contribution in [0.1, 0.15) is 37.8 Å². The van der Waals surface area contributed by atoms with Crippen LogP contribution in [0.3, 0.4) is 0 Å². The van der Waals surface area contributed by atoms with E-state index in [0.29, 0.717) is 0 Å². The third-order valence-corrected chi connectivity index (χ3v) is 4.12. The Morgan fingerprint density at radius 3 is 2.75 bits per heavy atom. The first-order chi connectivity index (χ1) is 7.59. The lowest BCUT2D eigenvalue weighted by Gasteiger charge is -2.44. The van der Waals surface area contributed by atoms with Gasteiger partial charge in [0.05, 0.1) is 0 Å². The summed E-state index contributed by atoms with van der Waals surface area (Å²) in [7, 11) is 0. The zero-order valence-corrected chi connectivity index (χ0v) is 10.2. The lowest BCUT2D eigenvalue weighted by atomic mass is 9.83. The Balaban J connectivity index is 2.03. The number of anilines is 1. The fraction of sp³-hybridized carbons (Fsp3) is 0.571. The van der Waals surface area contributed by atoms with Crippen molar-refractivity contribution in [3.8, 4) is 0 Å². The van der Waals surface area contributed by atoms with E-state index in [1.807, 2.05) is 6.07 Å². The van der Waals surface area contributed by atoms with Crippen molar-refractivity contribution in [1.82, 2.24) is 4.90 Å². The van der Waals surface area contributed by atoms with Crippen molar-refractivity contribution in [2.45, 2.75) is 44.7 Å². The van der Waals surface area contributed by atoms with Gasteiger partial charge in [0.2, 0.25) is 0 Å². The van der Waals surface area contributed by atoms with Crippen molar-refractivity contribution in [1.29, 1.82) is 0 Å². The second kappa shape index (κ2) is 3.24. The minimum absolute atomic E-state index is 0.183. The summed E-state index contributed by atoms with van der Waals surface area (Å²) in [5.74, 6) is 0. The minimum atomic E-state index is 0.183. The van der Waals surface area contributed by atoms with Gasteiger partial charge in [-0.05, 0) is 56.4 Å². The molecule has 0 radical (unpaired) electrons. The molecule has 1 aliphatic heterocycles. The Kier molecular flexibility index (Phi) is 2.05. The second-order valence-electron chi connectivity index (χ2n) is 5.65. The van der Waals surface area contributed by atoms with Crippen LogP contribution in [0.15, 0.2) is 18.2 Å². The highest BCUT2D eigenvalue weighted by atomic mass is 15.2. The number of hydrogen-bond donors (Lipinski definition) is 1. The van der Waals surface area contributed by atoms with Crippen molar-refractivity contribution in [3.63, 3.8) is 0 Å². The first-order valence-electron chi connectivity index (χ1n) is 6.24. The van der Waals surface area contributed by atoms with Gasteiger partial charge in [-0.25, -0.2) is 0 Å². The summed E-state index contributed by atoms with van der Waals surface area (Å²) in [4.78, 5) is 2.67. The van der Waals surface area contributed by atoms with E-state index in [0.717, 1.165) is 18.2 Å². The number of nitrogens with zero attached hydrogens (tertiary/aromatic N) is 1. The Morgan fingerprint density at radius 2 is 2.06 bits per heavy atom. The van der Waals surface area contributed by atoms with E-state index in [-0.39, 0.29) is 5.54 Å². The summed E-state index contributed by atoms with van der Waals surface area (Å²) in [5, 5.41) is 0. The summed E-state index contributed by atoms with van der Waals surface area (Å²) in [6.45, 7) is 5.88. The lowest BCUT2D eigenvalue weighted by Crippen LogP contribution is -2.47. The van der Waals surface area contributed by atoms with E-state index in [9.17, 15) is 0 Å². The summed E-state index contributed by atoms with van der Waals surface area (Å²) in [6.07, 6.45) is 3.92. The Hall–Kier alpha value is -1.02. The van der Waals surface area contributed by atoms with Gasteiger partial charge in [-0.15, -0.1) is 0 Å². The predicted molar refractivity (Wildman–Crippen MR) is 67.3 cm³/mol. The number of nitrogen functional groups attached to an aromatic ring is 1. The molecule has 2 heteroatoms. The maximum Gasteiger partial charge on any atom is 0.0410 e. The van der Waals surface area contributed by atoms with Crippen LogP contribution in [0.2, 0.25) is 0 Å². The largest absolute Gasteiger partial charge is 0.399 e. The Labute approximate surface area is 97.4 Å². The maximum absolute atomic E-state index is 5.86. The quantitative estimate of drug-likeness (QED) is 0.731. The van der Waals surface area contributed by atoms with Gasteiger partial charge in [-0.2, -0.15) is 0 Å². The number of hydrogen-bond acceptors (Lipinski definition) is 2. The van der Waals surface area contributed by atoms with Crippen LogP contribution in [-0.2, 0) is 12.0 Å². The highest BCUT2D eigenvalue weighted by Crippen LogP contribution is 2.42. The third-order valence-electron chi connectivity index (χ3n) is 4.12. The molecule has 0 unspecified atom stereocenters. The molecule has 1 aliphatic carbocycles. The van der Waals surface area contributed by atoms with Gasteiger partial charge in [0.25, 0.3) is 0 Å². The summed E-state index contributed by atoms with van der Waals surface area (Å²) in [5.41, 5.74) is 9.86. The first-order valence-corrected chi connectivity index (χ1v) is 6.24. The second-order valence-corrected chi connectivity index (χ2v) is 5.65. The molecule has 0 bridgehead atoms. The average molecular weight is 216 g/mol. The van der Waals surface area contributed by atoms with Crippen molar-refractivity contribution in [2.75, 3.05) is 12.3 Å². The number of benzene rings is 1. The Morgan fingerprint density at radius 1 is 1.31 bits per heavy atom. The van der Waals surface area contributed by atoms with Gasteiger partial charge in [0.1, 0.15) is 0 Å². The smallest absolute Gasteiger partial charge is 0.0410 e. The van der Waals surface area contributed by atoms with Gasteiger partial charge in [0.15, 0.2) is 0 Å². The normalized spacial score (nSPS) is 24.1. The average Bonchev–Trinajstić information content (AvgIpc) is 3.00. The summed E-state index contributed by atoms with van der Waals surface area (Å²) >= 11 is 0. The number of rotatable bonds is 1. The van der Waals surface area contributed by atoms with Crippen LogP contribution < -0.4 is 5.73 Å². The standard InChI is InChI=1S/C14H20N2/c1-14(2)13-6-3-11(15)9-10(13)7-8-16(14)12-4-5-12/h3,6,9,12H,4-5,7-8,15H2,1-2H3. The molecular weight excluding hydrogens is 196 g/mol. The van der Waals surface area contributed by atoms with Crippen LogP contribution >= 0.6 is 0 Å². The van der Waals surface area contributed by atoms with Gasteiger partial charge >= 0.3 is 0 Å². The van der Waals surface area contributed by atoms with E-state index >= 15 is 0 Å². The van der Waals surface area contributed by atoms with E-state index in [1.54, 1.807) is 0 Å². The van der Waals surface area contributed by atoms with Crippen LogP contribution in [0.5, 0.6) is 0 Å². The zero-order valence-electron chi connectivity index (χ0n) is 10.2. The van der Waals surface area contributed by atoms with Crippen molar-refractivity contribution >= 4 is 5.69 Å². The summed E-state index contributed by atoms with van der Waals surface area (Å²) < 4.78 is 0. The molecule has 0 saturated heterocycles. The SMILES string of the molecule is CC1(C)c2ccc(N)cc2CCN1C1CC1. The van der Waals surface area contributed by atoms with Crippen LogP contribution in [0.25, 0.3) is 0 Å². The lowest BCUT2D eigenvalue weighted by molar-refractivity contribution is 0.0976. The van der Waals surface area contributed by atoms with Crippen LogP contribution in [-0.4, -0.2) is 17.5 Å². The molecule has 1 aromatic rings. The topological polar surface area (TPSA) is 29.3 Å². The molecule has 86 valence electrons. The van der Waals surface area contributed by atoms with E-state index in [1.165, 1.54) is 30.5 Å².